The van der Waals surface area contributed by atoms with E-state index in [0.717, 1.165) is 0 Å². The van der Waals surface area contributed by atoms with E-state index in [9.17, 15) is 9.90 Å². The highest BCUT2D eigenvalue weighted by Gasteiger charge is 2.29. The minimum absolute atomic E-state index is 0.418. The number of carbonyl (C=O) groups excluding carboxylic acids is 1. The lowest BCUT2D eigenvalue weighted by Crippen LogP contribution is -2.41. The molecule has 106 valence electrons. The molecule has 1 rings (SSSR count). The molecule has 0 saturated carbocycles. The second-order valence-electron chi connectivity index (χ2n) is 5.14. The molecule has 1 aromatic rings. The van der Waals surface area contributed by atoms with Gasteiger partial charge in [-0.3, -0.25) is 4.79 Å². The number of pyridine rings is 1. The van der Waals surface area contributed by atoms with Gasteiger partial charge < -0.3 is 20.3 Å². The van der Waals surface area contributed by atoms with Crippen molar-refractivity contribution in [1.29, 1.82) is 0 Å². The van der Waals surface area contributed by atoms with Gasteiger partial charge in [-0.2, -0.15) is 0 Å². The maximum Gasteiger partial charge on any atom is 0.326 e. The Morgan fingerprint density at radius 2 is 2.05 bits per heavy atom. The van der Waals surface area contributed by atoms with Crippen LogP contribution in [0.4, 0.5) is 0 Å². The molecule has 0 unspecified atom stereocenters. The summed E-state index contributed by atoms with van der Waals surface area (Å²) in [6.45, 7) is 5.21. The number of aliphatic hydroxyl groups excluding tert-OH is 1. The molecule has 0 radical (unpaired) electrons. The lowest BCUT2D eigenvalue weighted by atomic mass is 10.0. The summed E-state index contributed by atoms with van der Waals surface area (Å²) in [7, 11) is 1.49. The van der Waals surface area contributed by atoms with E-state index in [1.54, 1.807) is 32.9 Å². The molecule has 0 fully saturated rings. The molecule has 0 aromatic carbocycles. The van der Waals surface area contributed by atoms with Crippen LogP contribution in [0.1, 0.15) is 32.4 Å². The summed E-state index contributed by atoms with van der Waals surface area (Å²) in [4.78, 5) is 15.7. The van der Waals surface area contributed by atoms with Crippen molar-refractivity contribution in [2.75, 3.05) is 7.11 Å². The Hall–Kier alpha value is -1.66. The van der Waals surface area contributed by atoms with E-state index in [2.05, 4.69) is 4.98 Å². The van der Waals surface area contributed by atoms with Crippen molar-refractivity contribution < 1.29 is 19.4 Å². The molecular weight excluding hydrogens is 248 g/mol. The Kier molecular flexibility index (Phi) is 4.85. The summed E-state index contributed by atoms with van der Waals surface area (Å²) < 4.78 is 10.0. The number of rotatable bonds is 4. The van der Waals surface area contributed by atoms with E-state index in [4.69, 9.17) is 15.2 Å². The van der Waals surface area contributed by atoms with E-state index in [1.165, 1.54) is 13.3 Å². The van der Waals surface area contributed by atoms with Gasteiger partial charge in [-0.15, -0.1) is 0 Å². The molecule has 6 nitrogen and oxygen atoms in total. The van der Waals surface area contributed by atoms with Gasteiger partial charge in [-0.1, -0.05) is 0 Å². The van der Waals surface area contributed by atoms with Crippen LogP contribution >= 0.6 is 0 Å². The van der Waals surface area contributed by atoms with Gasteiger partial charge in [0.1, 0.15) is 17.7 Å². The fraction of sp³-hybridized carbons (Fsp3) is 0.538. The van der Waals surface area contributed by atoms with E-state index in [-0.39, 0.29) is 0 Å². The minimum atomic E-state index is -1.17. The number of methoxy groups -OCH3 is 1. The SMILES string of the molecule is COc1ccc([C@H](O)[C@@H](N)C(=O)OC(C)(C)C)cn1. The summed E-state index contributed by atoms with van der Waals surface area (Å²) in [6.07, 6.45) is 0.238. The lowest BCUT2D eigenvalue weighted by molar-refractivity contribution is -0.159. The molecule has 0 aliphatic rings. The molecule has 19 heavy (non-hydrogen) atoms. The topological polar surface area (TPSA) is 94.7 Å². The summed E-state index contributed by atoms with van der Waals surface area (Å²) in [5.41, 5.74) is 5.47. The Balaban J connectivity index is 2.75. The van der Waals surface area contributed by atoms with E-state index >= 15 is 0 Å². The monoisotopic (exact) mass is 268 g/mol. The van der Waals surface area contributed by atoms with Crippen LogP contribution in [0.2, 0.25) is 0 Å². The van der Waals surface area contributed by atoms with Gasteiger partial charge in [0, 0.05) is 17.8 Å². The fourth-order valence-electron chi connectivity index (χ4n) is 1.39. The number of nitrogens with two attached hydrogens (primary N) is 1. The van der Waals surface area contributed by atoms with Gasteiger partial charge in [0.25, 0.3) is 0 Å². The van der Waals surface area contributed by atoms with E-state index in [0.29, 0.717) is 11.4 Å². The first-order valence-electron chi connectivity index (χ1n) is 5.91. The quantitative estimate of drug-likeness (QED) is 0.784. The molecule has 0 bridgehead atoms. The maximum absolute atomic E-state index is 11.7. The zero-order valence-corrected chi connectivity index (χ0v) is 11.6. The van der Waals surface area contributed by atoms with Crippen LogP contribution < -0.4 is 10.5 Å². The smallest absolute Gasteiger partial charge is 0.326 e. The Morgan fingerprint density at radius 3 is 2.47 bits per heavy atom. The van der Waals surface area contributed by atoms with Crippen molar-refractivity contribution in [2.24, 2.45) is 5.73 Å². The van der Waals surface area contributed by atoms with Crippen molar-refractivity contribution >= 4 is 5.97 Å². The van der Waals surface area contributed by atoms with Crippen molar-refractivity contribution in [1.82, 2.24) is 4.98 Å². The molecule has 0 aliphatic carbocycles. The number of aromatic nitrogens is 1. The fourth-order valence-corrected chi connectivity index (χ4v) is 1.39. The predicted molar refractivity (Wildman–Crippen MR) is 69.6 cm³/mol. The maximum atomic E-state index is 11.7. The molecule has 1 aromatic heterocycles. The largest absolute Gasteiger partial charge is 0.481 e. The number of esters is 1. The first-order chi connectivity index (χ1) is 8.74. The third kappa shape index (κ3) is 4.50. The van der Waals surface area contributed by atoms with Gasteiger partial charge in [0.2, 0.25) is 5.88 Å². The third-order valence-corrected chi connectivity index (χ3v) is 2.33. The second kappa shape index (κ2) is 5.99. The third-order valence-electron chi connectivity index (χ3n) is 2.33. The van der Waals surface area contributed by atoms with Gasteiger partial charge in [0.15, 0.2) is 0 Å². The van der Waals surface area contributed by atoms with Crippen LogP contribution in [0.5, 0.6) is 5.88 Å². The van der Waals surface area contributed by atoms with Crippen LogP contribution in [0, 0.1) is 0 Å². The lowest BCUT2D eigenvalue weighted by Gasteiger charge is -2.24. The second-order valence-corrected chi connectivity index (χ2v) is 5.14. The molecule has 0 spiro atoms. The van der Waals surface area contributed by atoms with Crippen LogP contribution in [-0.4, -0.2) is 34.8 Å². The van der Waals surface area contributed by atoms with Gasteiger partial charge >= 0.3 is 5.97 Å². The standard InChI is InChI=1S/C13H20N2O4/c1-13(2,3)19-12(17)10(14)11(16)8-5-6-9(18-4)15-7-8/h5-7,10-11,16H,14H2,1-4H3/t10-,11+/m1/s1. The zero-order chi connectivity index (χ0) is 14.6. The molecule has 3 N–H and O–H groups in total. The normalized spacial score (nSPS) is 14.6. The molecule has 2 atom stereocenters. The number of aliphatic hydroxyl groups is 1. The summed E-state index contributed by atoms with van der Waals surface area (Å²) in [6, 6.07) is 2.02. The highest BCUT2D eigenvalue weighted by Crippen LogP contribution is 2.19. The number of carbonyl (C=O) groups is 1. The van der Waals surface area contributed by atoms with E-state index < -0.39 is 23.7 Å². The number of nitrogens with zero attached hydrogens (tertiary/aromatic N) is 1. The van der Waals surface area contributed by atoms with Crippen LogP contribution in [0.3, 0.4) is 0 Å². The van der Waals surface area contributed by atoms with Gasteiger partial charge in [0.05, 0.1) is 7.11 Å². The summed E-state index contributed by atoms with van der Waals surface area (Å²) >= 11 is 0. The first kappa shape index (κ1) is 15.4. The Morgan fingerprint density at radius 1 is 1.42 bits per heavy atom. The summed E-state index contributed by atoms with van der Waals surface area (Å²) in [5.74, 6) is -0.238. The highest BCUT2D eigenvalue weighted by molar-refractivity contribution is 5.77. The van der Waals surface area contributed by atoms with Gasteiger partial charge in [-0.25, -0.2) is 4.98 Å². The number of hydrogen-bond donors (Lipinski definition) is 2. The molecular formula is C13H20N2O4. The zero-order valence-electron chi connectivity index (χ0n) is 11.6. The molecule has 1 heterocycles. The van der Waals surface area contributed by atoms with E-state index in [1.807, 2.05) is 0 Å². The van der Waals surface area contributed by atoms with Crippen molar-refractivity contribution in [3.05, 3.63) is 23.9 Å². The van der Waals surface area contributed by atoms with Crippen LogP contribution in [-0.2, 0) is 9.53 Å². The number of ether oxygens (including phenoxy) is 2. The Bertz CT molecular complexity index is 425. The minimum Gasteiger partial charge on any atom is -0.481 e. The average Bonchev–Trinajstić information content (AvgIpc) is 2.35. The predicted octanol–water partition coefficient (Wildman–Crippen LogP) is 0.793. The average molecular weight is 268 g/mol. The first-order valence-corrected chi connectivity index (χ1v) is 5.91. The van der Waals surface area contributed by atoms with Crippen molar-refractivity contribution in [3.8, 4) is 5.88 Å². The van der Waals surface area contributed by atoms with Crippen LogP contribution in [0.25, 0.3) is 0 Å². The van der Waals surface area contributed by atoms with Crippen LogP contribution in [0.15, 0.2) is 18.3 Å². The highest BCUT2D eigenvalue weighted by atomic mass is 16.6. The Labute approximate surface area is 112 Å². The summed E-state index contributed by atoms with van der Waals surface area (Å²) in [5, 5.41) is 10.0. The van der Waals surface area contributed by atoms with Crippen molar-refractivity contribution in [3.63, 3.8) is 0 Å². The van der Waals surface area contributed by atoms with Crippen molar-refractivity contribution in [2.45, 2.75) is 38.5 Å². The molecule has 0 aliphatic heterocycles. The number of hydrogen-bond acceptors (Lipinski definition) is 6. The van der Waals surface area contributed by atoms with Gasteiger partial charge in [-0.05, 0) is 26.8 Å². The molecule has 6 heteroatoms. The molecule has 0 amide bonds. The molecule has 0 saturated heterocycles.